The molecule has 0 radical (unpaired) electrons. The first kappa shape index (κ1) is 29.9. The highest BCUT2D eigenvalue weighted by Gasteiger charge is 2.29. The Labute approximate surface area is 224 Å². The second kappa shape index (κ2) is 13.9. The molecule has 0 aliphatic heterocycles. The predicted molar refractivity (Wildman–Crippen MR) is 147 cm³/mol. The van der Waals surface area contributed by atoms with Gasteiger partial charge in [0.1, 0.15) is 6.04 Å². The number of carbonyl (C=O) groups is 2. The molecule has 36 heavy (non-hydrogen) atoms. The number of anilines is 1. The molecule has 2 atom stereocenters. The fourth-order valence-electron chi connectivity index (χ4n) is 3.80. The summed E-state index contributed by atoms with van der Waals surface area (Å²) in [7, 11) is -3.67. The molecule has 198 valence electrons. The number of carbonyl (C=O) groups excluding carboxylic acids is 2. The van der Waals surface area contributed by atoms with E-state index in [2.05, 4.69) is 5.32 Å². The van der Waals surface area contributed by atoms with Crippen LogP contribution in [0.4, 0.5) is 5.69 Å². The van der Waals surface area contributed by atoms with Crippen molar-refractivity contribution in [1.82, 2.24) is 10.2 Å². The highest BCUT2D eigenvalue weighted by atomic mass is 35.5. The maximum atomic E-state index is 13.4. The first-order valence-electron chi connectivity index (χ1n) is 12.0. The van der Waals surface area contributed by atoms with E-state index < -0.39 is 16.1 Å². The zero-order chi connectivity index (χ0) is 26.9. The molecule has 0 saturated heterocycles. The number of nitrogens with zero attached hydrogens (tertiary/aromatic N) is 2. The summed E-state index contributed by atoms with van der Waals surface area (Å²) in [6.45, 7) is 6.10. The van der Waals surface area contributed by atoms with Crippen molar-refractivity contribution >= 4 is 50.7 Å². The van der Waals surface area contributed by atoms with Gasteiger partial charge in [-0.05, 0) is 49.9 Å². The molecule has 0 aliphatic carbocycles. The Bertz CT molecular complexity index is 1130. The first-order chi connectivity index (χ1) is 17.0. The zero-order valence-electron chi connectivity index (χ0n) is 21.2. The van der Waals surface area contributed by atoms with Gasteiger partial charge in [0, 0.05) is 30.6 Å². The summed E-state index contributed by atoms with van der Waals surface area (Å²) in [6.07, 6.45) is 2.62. The van der Waals surface area contributed by atoms with Crippen LogP contribution in [0.3, 0.4) is 0 Å². The SMILES string of the molecule is CCC(C)NC(=O)C(CC)N(Cc1ccccc1)C(=O)CCCN(c1cc(Cl)ccc1Cl)S(C)(=O)=O. The Kier molecular flexibility index (Phi) is 11.5. The largest absolute Gasteiger partial charge is 0.352 e. The van der Waals surface area contributed by atoms with Crippen LogP contribution in [0, 0.1) is 0 Å². The number of amides is 2. The van der Waals surface area contributed by atoms with E-state index in [0.717, 1.165) is 22.5 Å². The van der Waals surface area contributed by atoms with E-state index in [-0.39, 0.29) is 54.5 Å². The number of hydrogen-bond acceptors (Lipinski definition) is 4. The fraction of sp³-hybridized carbons (Fsp3) is 0.462. The Balaban J connectivity index is 2.23. The van der Waals surface area contributed by atoms with E-state index in [1.165, 1.54) is 12.1 Å². The standard InChI is InChI=1S/C26H35Cl2N3O4S/c1-5-19(3)29-26(33)23(6-2)30(18-20-11-8-7-9-12-20)25(32)13-10-16-31(36(4,34)35)24-17-21(27)14-15-22(24)28/h7-9,11-12,14-15,17,19,23H,5-6,10,13,16,18H2,1-4H3,(H,29,33). The molecule has 0 aromatic heterocycles. The minimum atomic E-state index is -3.67. The van der Waals surface area contributed by atoms with Gasteiger partial charge in [0.2, 0.25) is 21.8 Å². The van der Waals surface area contributed by atoms with Crippen LogP contribution in [0.2, 0.25) is 10.0 Å². The molecule has 2 amide bonds. The summed E-state index contributed by atoms with van der Waals surface area (Å²) < 4.78 is 26.1. The van der Waals surface area contributed by atoms with Crippen molar-refractivity contribution in [3.63, 3.8) is 0 Å². The monoisotopic (exact) mass is 555 g/mol. The van der Waals surface area contributed by atoms with Gasteiger partial charge in [0.05, 0.1) is 17.0 Å². The second-order valence-corrected chi connectivity index (χ2v) is 11.5. The summed E-state index contributed by atoms with van der Waals surface area (Å²) in [5.74, 6) is -0.421. The maximum Gasteiger partial charge on any atom is 0.243 e. The number of nitrogens with one attached hydrogen (secondary N) is 1. The van der Waals surface area contributed by atoms with Gasteiger partial charge < -0.3 is 10.2 Å². The highest BCUT2D eigenvalue weighted by Crippen LogP contribution is 2.31. The molecule has 2 aromatic rings. The third-order valence-corrected chi connectivity index (χ3v) is 7.65. The van der Waals surface area contributed by atoms with Gasteiger partial charge in [-0.15, -0.1) is 0 Å². The Morgan fingerprint density at radius 1 is 1.03 bits per heavy atom. The lowest BCUT2D eigenvalue weighted by Crippen LogP contribution is -2.50. The predicted octanol–water partition coefficient (Wildman–Crippen LogP) is 5.26. The Hall–Kier alpha value is -2.29. The van der Waals surface area contributed by atoms with Crippen molar-refractivity contribution in [3.05, 3.63) is 64.1 Å². The second-order valence-electron chi connectivity index (χ2n) is 8.78. The average Bonchev–Trinajstić information content (AvgIpc) is 2.83. The van der Waals surface area contributed by atoms with E-state index in [1.807, 2.05) is 51.1 Å². The molecule has 0 heterocycles. The van der Waals surface area contributed by atoms with Crippen LogP contribution in [0.5, 0.6) is 0 Å². The average molecular weight is 557 g/mol. The van der Waals surface area contributed by atoms with Crippen LogP contribution in [0.1, 0.15) is 52.0 Å². The van der Waals surface area contributed by atoms with Crippen molar-refractivity contribution in [3.8, 4) is 0 Å². The zero-order valence-corrected chi connectivity index (χ0v) is 23.5. The molecule has 0 saturated carbocycles. The molecule has 0 fully saturated rings. The van der Waals surface area contributed by atoms with E-state index in [9.17, 15) is 18.0 Å². The molecule has 7 nitrogen and oxygen atoms in total. The number of hydrogen-bond donors (Lipinski definition) is 1. The summed E-state index contributed by atoms with van der Waals surface area (Å²) in [5.41, 5.74) is 1.17. The summed E-state index contributed by atoms with van der Waals surface area (Å²) in [5, 5.41) is 3.58. The van der Waals surface area contributed by atoms with Crippen LogP contribution < -0.4 is 9.62 Å². The van der Waals surface area contributed by atoms with Crippen molar-refractivity contribution < 1.29 is 18.0 Å². The molecular formula is C26H35Cl2N3O4S. The highest BCUT2D eigenvalue weighted by molar-refractivity contribution is 7.92. The molecule has 10 heteroatoms. The molecule has 1 N–H and O–H groups in total. The Morgan fingerprint density at radius 2 is 1.69 bits per heavy atom. The molecule has 0 aliphatic rings. The van der Waals surface area contributed by atoms with Gasteiger partial charge in [-0.1, -0.05) is 67.4 Å². The molecule has 2 aromatic carbocycles. The number of halogens is 2. The Morgan fingerprint density at radius 3 is 2.28 bits per heavy atom. The van der Waals surface area contributed by atoms with Gasteiger partial charge in [-0.2, -0.15) is 0 Å². The molecule has 0 bridgehead atoms. The van der Waals surface area contributed by atoms with Gasteiger partial charge in [0.15, 0.2) is 0 Å². The number of rotatable bonds is 13. The van der Waals surface area contributed by atoms with Gasteiger partial charge in [-0.3, -0.25) is 13.9 Å². The summed E-state index contributed by atoms with van der Waals surface area (Å²) in [6, 6.07) is 13.4. The summed E-state index contributed by atoms with van der Waals surface area (Å²) in [4.78, 5) is 28.0. The van der Waals surface area contributed by atoms with Crippen LogP contribution in [0.15, 0.2) is 48.5 Å². The molecule has 0 spiro atoms. The van der Waals surface area contributed by atoms with Crippen LogP contribution >= 0.6 is 23.2 Å². The minimum absolute atomic E-state index is 0.00834. The van der Waals surface area contributed by atoms with Crippen LogP contribution in [-0.2, 0) is 26.2 Å². The lowest BCUT2D eigenvalue weighted by atomic mass is 10.1. The third kappa shape index (κ3) is 8.68. The van der Waals surface area contributed by atoms with Crippen molar-refractivity contribution in [2.75, 3.05) is 17.1 Å². The minimum Gasteiger partial charge on any atom is -0.352 e. The van der Waals surface area contributed by atoms with Crippen molar-refractivity contribution in [2.24, 2.45) is 0 Å². The quantitative estimate of drug-likeness (QED) is 0.365. The smallest absolute Gasteiger partial charge is 0.243 e. The number of benzene rings is 2. The van der Waals surface area contributed by atoms with Crippen LogP contribution in [0.25, 0.3) is 0 Å². The van der Waals surface area contributed by atoms with Crippen molar-refractivity contribution in [1.29, 1.82) is 0 Å². The molecule has 2 rings (SSSR count). The maximum absolute atomic E-state index is 13.4. The van der Waals surface area contributed by atoms with E-state index in [4.69, 9.17) is 23.2 Å². The first-order valence-corrected chi connectivity index (χ1v) is 14.6. The lowest BCUT2D eigenvalue weighted by Gasteiger charge is -2.32. The fourth-order valence-corrected chi connectivity index (χ4v) is 5.21. The summed E-state index contributed by atoms with van der Waals surface area (Å²) >= 11 is 12.3. The normalized spacial score (nSPS) is 13.1. The molecule has 2 unspecified atom stereocenters. The van der Waals surface area contributed by atoms with Gasteiger partial charge in [0.25, 0.3) is 0 Å². The third-order valence-electron chi connectivity index (χ3n) is 5.91. The number of sulfonamides is 1. The van der Waals surface area contributed by atoms with E-state index in [0.29, 0.717) is 11.4 Å². The van der Waals surface area contributed by atoms with Crippen molar-refractivity contribution in [2.45, 2.75) is 65.1 Å². The van der Waals surface area contributed by atoms with E-state index in [1.54, 1.807) is 11.0 Å². The van der Waals surface area contributed by atoms with Gasteiger partial charge >= 0.3 is 0 Å². The van der Waals surface area contributed by atoms with E-state index >= 15 is 0 Å². The van der Waals surface area contributed by atoms with Gasteiger partial charge in [-0.25, -0.2) is 8.42 Å². The molecular weight excluding hydrogens is 521 g/mol. The lowest BCUT2D eigenvalue weighted by molar-refractivity contribution is -0.141. The van der Waals surface area contributed by atoms with Crippen LogP contribution in [-0.4, -0.2) is 50.0 Å². The topological polar surface area (TPSA) is 86.8 Å².